The maximum Gasteiger partial charge on any atom is 0.419 e. The molecule has 0 spiro atoms. The molecule has 4 heterocycles. The highest BCUT2D eigenvalue weighted by Crippen LogP contribution is 2.42. The molecule has 1 fully saturated rings. The van der Waals surface area contributed by atoms with Crippen molar-refractivity contribution in [1.29, 1.82) is 0 Å². The number of anilines is 2. The number of carbonyl (C=O) groups excluding carboxylic acids is 1. The van der Waals surface area contributed by atoms with Gasteiger partial charge in [-0.3, -0.25) is 9.78 Å². The first kappa shape index (κ1) is 33.2. The number of allylic oxidation sites excluding steroid dienone is 3. The monoisotopic (exact) mass is 665 g/mol. The lowest BCUT2D eigenvalue weighted by Gasteiger charge is -2.30. The van der Waals surface area contributed by atoms with Crippen LogP contribution in [0.5, 0.6) is 11.5 Å². The number of benzene rings is 1. The van der Waals surface area contributed by atoms with Gasteiger partial charge >= 0.3 is 6.18 Å². The van der Waals surface area contributed by atoms with E-state index in [4.69, 9.17) is 9.72 Å². The minimum Gasteiger partial charge on any atom is -0.453 e. The van der Waals surface area contributed by atoms with Gasteiger partial charge in [0.05, 0.1) is 17.0 Å². The largest absolute Gasteiger partial charge is 0.453 e. The first-order valence-electron chi connectivity index (χ1n) is 14.9. The number of piperidine rings is 1. The first-order valence-corrected chi connectivity index (χ1v) is 16.6. The van der Waals surface area contributed by atoms with Crippen LogP contribution in [0.1, 0.15) is 62.0 Å². The highest BCUT2D eigenvalue weighted by Gasteiger charge is 2.34. The zero-order valence-electron chi connectivity index (χ0n) is 25.7. The van der Waals surface area contributed by atoms with E-state index in [-0.39, 0.29) is 29.1 Å². The number of amides is 1. The summed E-state index contributed by atoms with van der Waals surface area (Å²) in [7, 11) is 0. The molecule has 1 saturated heterocycles. The van der Waals surface area contributed by atoms with Crippen LogP contribution in [0.3, 0.4) is 0 Å². The third-order valence-electron chi connectivity index (χ3n) is 7.50. The van der Waals surface area contributed by atoms with E-state index >= 15 is 0 Å². The average molecular weight is 666 g/mol. The van der Waals surface area contributed by atoms with Crippen LogP contribution in [-0.2, 0) is 17.4 Å². The Balaban J connectivity index is 1.46. The number of carbonyl (C=O) groups is 1. The summed E-state index contributed by atoms with van der Waals surface area (Å²) in [5.74, 6) is 0.334. The molecule has 0 bridgehead atoms. The summed E-state index contributed by atoms with van der Waals surface area (Å²) in [6.45, 7) is 6.83. The third kappa shape index (κ3) is 8.16. The molecule has 12 heteroatoms. The minimum atomic E-state index is -4.60. The van der Waals surface area contributed by atoms with Gasteiger partial charge in [-0.15, -0.1) is 11.3 Å². The second-order valence-corrected chi connectivity index (χ2v) is 12.6. The molecule has 0 radical (unpaired) electrons. The lowest BCUT2D eigenvalue weighted by molar-refractivity contribution is -0.138. The fourth-order valence-electron chi connectivity index (χ4n) is 5.14. The SMILES string of the molecule is C/C=C\c1nccc(Sc2cnc(Nc3nc(C4CCN(C(C)=O)CC4)cs3)c(Oc3ccccc3C(F)(F)F)c2)c1C/C=C/C. The van der Waals surface area contributed by atoms with Gasteiger partial charge in [0.15, 0.2) is 16.7 Å². The molecule has 0 saturated carbocycles. The third-order valence-corrected chi connectivity index (χ3v) is 9.34. The molecule has 1 N–H and O–H groups in total. The van der Waals surface area contributed by atoms with Crippen LogP contribution in [0.4, 0.5) is 24.1 Å². The van der Waals surface area contributed by atoms with Crippen molar-refractivity contribution < 1.29 is 22.7 Å². The van der Waals surface area contributed by atoms with E-state index in [0.29, 0.717) is 29.5 Å². The summed E-state index contributed by atoms with van der Waals surface area (Å²) in [4.78, 5) is 29.1. The molecule has 0 unspecified atom stereocenters. The van der Waals surface area contributed by atoms with Crippen molar-refractivity contribution in [2.75, 3.05) is 18.4 Å². The summed E-state index contributed by atoms with van der Waals surface area (Å²) in [5.41, 5.74) is 1.90. The van der Waals surface area contributed by atoms with Crippen LogP contribution in [0.15, 0.2) is 82.2 Å². The van der Waals surface area contributed by atoms with Gasteiger partial charge in [-0.25, -0.2) is 9.97 Å². The highest BCUT2D eigenvalue weighted by atomic mass is 32.2. The van der Waals surface area contributed by atoms with Crippen LogP contribution >= 0.6 is 23.1 Å². The van der Waals surface area contributed by atoms with Gasteiger partial charge in [-0.1, -0.05) is 42.1 Å². The predicted molar refractivity (Wildman–Crippen MR) is 177 cm³/mol. The Morgan fingerprint density at radius 3 is 2.63 bits per heavy atom. The lowest BCUT2D eigenvalue weighted by Crippen LogP contribution is -2.36. The number of nitrogens with zero attached hydrogens (tertiary/aromatic N) is 4. The number of pyridine rings is 2. The number of rotatable bonds is 10. The number of thiazole rings is 1. The number of nitrogens with one attached hydrogen (secondary N) is 1. The van der Waals surface area contributed by atoms with Crippen LogP contribution in [0.25, 0.3) is 6.08 Å². The smallest absolute Gasteiger partial charge is 0.419 e. The van der Waals surface area contributed by atoms with Crippen molar-refractivity contribution in [3.63, 3.8) is 0 Å². The van der Waals surface area contributed by atoms with Gasteiger partial charge < -0.3 is 15.0 Å². The Morgan fingerprint density at radius 2 is 1.91 bits per heavy atom. The number of alkyl halides is 3. The molecular weight excluding hydrogens is 632 g/mol. The molecule has 1 aliphatic heterocycles. The lowest BCUT2D eigenvalue weighted by atomic mass is 9.94. The van der Waals surface area contributed by atoms with Crippen LogP contribution in [0, 0.1) is 0 Å². The maximum atomic E-state index is 13.9. The maximum absolute atomic E-state index is 13.9. The predicted octanol–water partition coefficient (Wildman–Crippen LogP) is 9.52. The number of hydrogen-bond donors (Lipinski definition) is 1. The Hall–Kier alpha value is -4.16. The number of hydrogen-bond acceptors (Lipinski definition) is 8. The Morgan fingerprint density at radius 1 is 1.13 bits per heavy atom. The van der Waals surface area contributed by atoms with Crippen molar-refractivity contribution >= 4 is 46.0 Å². The Bertz CT molecular complexity index is 1730. The fourth-order valence-corrected chi connectivity index (χ4v) is 6.90. The van der Waals surface area contributed by atoms with Gasteiger partial charge in [0, 0.05) is 59.6 Å². The zero-order chi connectivity index (χ0) is 32.7. The van der Waals surface area contributed by atoms with E-state index in [0.717, 1.165) is 40.8 Å². The number of halogens is 3. The summed E-state index contributed by atoms with van der Waals surface area (Å²) in [6, 6.07) is 8.72. The summed E-state index contributed by atoms with van der Waals surface area (Å²) >= 11 is 2.82. The summed E-state index contributed by atoms with van der Waals surface area (Å²) < 4.78 is 47.7. The molecule has 7 nitrogen and oxygen atoms in total. The van der Waals surface area contributed by atoms with Gasteiger partial charge in [0.1, 0.15) is 5.75 Å². The molecular formula is C34H34F3N5O2S2. The molecule has 5 rings (SSSR count). The van der Waals surface area contributed by atoms with E-state index in [1.54, 1.807) is 25.4 Å². The number of likely N-dealkylation sites (tertiary alicyclic amines) is 1. The standard InChI is InChI=1S/C34H34F3N5O2S2/c1-4-6-10-25-27(9-5-2)38-16-13-31(25)46-24-19-30(44-29-12-8-7-11-26(29)34(35,36)37)32(39-20-24)41-33-40-28(21-45-33)23-14-17-42(18-15-23)22(3)43/h4-9,11-13,16,19-21,23H,10,14-15,17-18H2,1-3H3,(H,39,40,41)/b6-4+,9-5-. The van der Waals surface area contributed by atoms with E-state index < -0.39 is 11.7 Å². The normalized spacial score (nSPS) is 14.3. The number of para-hydroxylation sites is 1. The van der Waals surface area contributed by atoms with E-state index in [1.807, 2.05) is 48.4 Å². The molecule has 4 aromatic rings. The molecule has 240 valence electrons. The van der Waals surface area contributed by atoms with Crippen LogP contribution in [-0.4, -0.2) is 38.8 Å². The number of ether oxygens (including phenoxy) is 1. The minimum absolute atomic E-state index is 0.0718. The van der Waals surface area contributed by atoms with E-state index in [9.17, 15) is 18.0 Å². The van der Waals surface area contributed by atoms with Crippen molar-refractivity contribution in [2.24, 2.45) is 0 Å². The van der Waals surface area contributed by atoms with Gasteiger partial charge in [0.25, 0.3) is 0 Å². The van der Waals surface area contributed by atoms with Gasteiger partial charge in [-0.05, 0) is 62.9 Å². The van der Waals surface area contributed by atoms with E-state index in [1.165, 1.54) is 41.3 Å². The molecule has 1 aromatic carbocycles. The van der Waals surface area contributed by atoms with Gasteiger partial charge in [-0.2, -0.15) is 13.2 Å². The van der Waals surface area contributed by atoms with E-state index in [2.05, 4.69) is 21.4 Å². The second kappa shape index (κ2) is 15.0. The molecule has 1 amide bonds. The molecule has 46 heavy (non-hydrogen) atoms. The van der Waals surface area contributed by atoms with Crippen molar-refractivity contribution in [3.8, 4) is 11.5 Å². The van der Waals surface area contributed by atoms with Gasteiger partial charge in [0.2, 0.25) is 5.91 Å². The summed E-state index contributed by atoms with van der Waals surface area (Å²) in [6.07, 6.45) is 9.01. The topological polar surface area (TPSA) is 80.2 Å². The summed E-state index contributed by atoms with van der Waals surface area (Å²) in [5, 5.41) is 5.70. The van der Waals surface area contributed by atoms with Crippen molar-refractivity contribution in [2.45, 2.75) is 61.9 Å². The second-order valence-electron chi connectivity index (χ2n) is 10.6. The van der Waals surface area contributed by atoms with Crippen LogP contribution in [0.2, 0.25) is 0 Å². The molecule has 3 aromatic heterocycles. The zero-order valence-corrected chi connectivity index (χ0v) is 27.3. The first-order chi connectivity index (χ1) is 22.2. The molecule has 0 aliphatic carbocycles. The quantitative estimate of drug-likeness (QED) is 0.169. The van der Waals surface area contributed by atoms with Crippen molar-refractivity contribution in [3.05, 3.63) is 94.9 Å². The average Bonchev–Trinajstić information content (AvgIpc) is 3.50. The molecule has 1 aliphatic rings. The van der Waals surface area contributed by atoms with Crippen molar-refractivity contribution in [1.82, 2.24) is 19.9 Å². The molecule has 0 atom stereocenters. The highest BCUT2D eigenvalue weighted by molar-refractivity contribution is 7.99. The Labute approximate surface area is 274 Å². The van der Waals surface area contributed by atoms with Crippen LogP contribution < -0.4 is 10.1 Å². The Kier molecular flexibility index (Phi) is 10.8. The fraction of sp³-hybridized carbons (Fsp3) is 0.294. The number of aromatic nitrogens is 3.